The molecule has 0 aliphatic rings. The summed E-state index contributed by atoms with van der Waals surface area (Å²) in [5.41, 5.74) is 1.51. The van der Waals surface area contributed by atoms with Crippen molar-refractivity contribution < 1.29 is 9.53 Å². The second-order valence-corrected chi connectivity index (χ2v) is 3.52. The van der Waals surface area contributed by atoms with Crippen LogP contribution < -0.4 is 4.74 Å². The highest BCUT2D eigenvalue weighted by molar-refractivity contribution is 5.96. The minimum Gasteiger partial charge on any atom is -0.488 e. The fraction of sp³-hybridized carbons (Fsp3) is 0.133. The zero-order chi connectivity index (χ0) is 12.7. The summed E-state index contributed by atoms with van der Waals surface area (Å²) >= 11 is 0. The topological polar surface area (TPSA) is 26.3 Å². The molecule has 0 unspecified atom stereocenters. The van der Waals surface area contributed by atoms with E-state index in [0.717, 1.165) is 5.57 Å². The maximum atomic E-state index is 11.4. The Kier molecular flexibility index (Phi) is 4.95. The van der Waals surface area contributed by atoms with Gasteiger partial charge in [0.2, 0.25) is 0 Å². The van der Waals surface area contributed by atoms with Gasteiger partial charge in [-0.3, -0.25) is 4.79 Å². The maximum Gasteiger partial charge on any atom is 0.163 e. The van der Waals surface area contributed by atoms with Gasteiger partial charge < -0.3 is 4.74 Å². The average molecular weight is 228 g/mol. The van der Waals surface area contributed by atoms with Gasteiger partial charge in [-0.15, -0.1) is 0 Å². The largest absolute Gasteiger partial charge is 0.488 e. The molecule has 0 saturated heterocycles. The van der Waals surface area contributed by atoms with Crippen molar-refractivity contribution in [1.29, 1.82) is 0 Å². The number of carbonyl (C=O) groups excluding carboxylic acids is 1. The van der Waals surface area contributed by atoms with Crippen molar-refractivity contribution in [2.24, 2.45) is 0 Å². The van der Waals surface area contributed by atoms with E-state index in [4.69, 9.17) is 4.74 Å². The number of hydrogen-bond acceptors (Lipinski definition) is 2. The van der Waals surface area contributed by atoms with E-state index in [2.05, 4.69) is 13.2 Å². The van der Waals surface area contributed by atoms with Crippen LogP contribution in [-0.4, -0.2) is 12.4 Å². The maximum absolute atomic E-state index is 11.4. The third kappa shape index (κ3) is 3.76. The Hall–Kier alpha value is -2.09. The predicted molar refractivity (Wildman–Crippen MR) is 70.4 cm³/mol. The van der Waals surface area contributed by atoms with Gasteiger partial charge in [0, 0.05) is 0 Å². The van der Waals surface area contributed by atoms with E-state index in [0.29, 0.717) is 17.9 Å². The molecular formula is C15H16O2. The lowest BCUT2D eigenvalue weighted by molar-refractivity contribution is 0.101. The molecule has 1 rings (SSSR count). The van der Waals surface area contributed by atoms with E-state index in [9.17, 15) is 4.79 Å². The SMILES string of the molecule is C=C/C=C(\C=C)COc1ccccc1C(C)=O. The van der Waals surface area contributed by atoms with Crippen LogP contribution >= 0.6 is 0 Å². The van der Waals surface area contributed by atoms with Crippen molar-refractivity contribution in [3.63, 3.8) is 0 Å². The summed E-state index contributed by atoms with van der Waals surface area (Å²) in [6.07, 6.45) is 5.21. The highest BCUT2D eigenvalue weighted by atomic mass is 16.5. The van der Waals surface area contributed by atoms with Gasteiger partial charge >= 0.3 is 0 Å². The van der Waals surface area contributed by atoms with E-state index in [1.165, 1.54) is 6.92 Å². The summed E-state index contributed by atoms with van der Waals surface area (Å²) in [4.78, 5) is 11.4. The van der Waals surface area contributed by atoms with Crippen LogP contribution in [0.5, 0.6) is 5.75 Å². The first kappa shape index (κ1) is 13.0. The molecule has 0 N–H and O–H groups in total. The van der Waals surface area contributed by atoms with Gasteiger partial charge in [-0.05, 0) is 24.6 Å². The first-order valence-corrected chi connectivity index (χ1v) is 5.36. The van der Waals surface area contributed by atoms with Crippen LogP contribution in [0.1, 0.15) is 17.3 Å². The highest BCUT2D eigenvalue weighted by Crippen LogP contribution is 2.19. The molecule has 88 valence electrons. The van der Waals surface area contributed by atoms with E-state index in [1.807, 2.05) is 18.2 Å². The smallest absolute Gasteiger partial charge is 0.163 e. The lowest BCUT2D eigenvalue weighted by Gasteiger charge is -2.09. The summed E-state index contributed by atoms with van der Waals surface area (Å²) in [5.74, 6) is 0.588. The number of ether oxygens (including phenoxy) is 1. The molecule has 0 aliphatic heterocycles. The molecule has 0 fully saturated rings. The lowest BCUT2D eigenvalue weighted by atomic mass is 10.1. The average Bonchev–Trinajstić information content (AvgIpc) is 2.34. The number of rotatable bonds is 6. The van der Waals surface area contributed by atoms with Crippen LogP contribution in [0.15, 0.2) is 61.2 Å². The van der Waals surface area contributed by atoms with Crippen LogP contribution in [-0.2, 0) is 0 Å². The molecule has 0 spiro atoms. The number of benzene rings is 1. The summed E-state index contributed by atoms with van der Waals surface area (Å²) in [7, 11) is 0. The van der Waals surface area contributed by atoms with Crippen molar-refractivity contribution in [3.05, 3.63) is 66.8 Å². The Morgan fingerprint density at radius 1 is 1.35 bits per heavy atom. The van der Waals surface area contributed by atoms with Crippen molar-refractivity contribution in [1.82, 2.24) is 0 Å². The predicted octanol–water partition coefficient (Wildman–Crippen LogP) is 3.57. The van der Waals surface area contributed by atoms with Gasteiger partial charge in [0.1, 0.15) is 12.4 Å². The summed E-state index contributed by atoms with van der Waals surface area (Å²) in [6.45, 7) is 9.20. The fourth-order valence-corrected chi connectivity index (χ4v) is 1.37. The molecule has 0 heterocycles. The summed E-state index contributed by atoms with van der Waals surface area (Å²) in [6, 6.07) is 7.19. The molecule has 2 nitrogen and oxygen atoms in total. The van der Waals surface area contributed by atoms with Crippen LogP contribution in [0.4, 0.5) is 0 Å². The number of hydrogen-bond donors (Lipinski definition) is 0. The Morgan fingerprint density at radius 2 is 2.06 bits per heavy atom. The molecule has 1 aromatic carbocycles. The lowest BCUT2D eigenvalue weighted by Crippen LogP contribution is -2.03. The van der Waals surface area contributed by atoms with Gasteiger partial charge in [0.05, 0.1) is 5.56 Å². The number of para-hydroxylation sites is 1. The standard InChI is InChI=1S/C15H16O2/c1-4-8-13(5-2)11-17-15-10-7-6-9-14(15)12(3)16/h4-10H,1-2,11H2,3H3/b13-8+. The van der Waals surface area contributed by atoms with Gasteiger partial charge in [-0.1, -0.05) is 43.5 Å². The van der Waals surface area contributed by atoms with Crippen LogP contribution in [0.25, 0.3) is 0 Å². The van der Waals surface area contributed by atoms with E-state index >= 15 is 0 Å². The molecule has 17 heavy (non-hydrogen) atoms. The Labute approximate surface area is 102 Å². The quantitative estimate of drug-likeness (QED) is 0.549. The second-order valence-electron chi connectivity index (χ2n) is 3.52. The molecule has 0 aliphatic carbocycles. The molecular weight excluding hydrogens is 212 g/mol. The highest BCUT2D eigenvalue weighted by Gasteiger charge is 2.07. The molecule has 0 atom stereocenters. The number of Topliss-reactive ketones (excluding diaryl/α,β-unsaturated/α-hetero) is 1. The Bertz CT molecular complexity index is 456. The van der Waals surface area contributed by atoms with Crippen molar-refractivity contribution in [2.45, 2.75) is 6.92 Å². The van der Waals surface area contributed by atoms with Gasteiger partial charge in [0.25, 0.3) is 0 Å². The van der Waals surface area contributed by atoms with Crippen LogP contribution in [0, 0.1) is 0 Å². The zero-order valence-electron chi connectivity index (χ0n) is 9.98. The minimum absolute atomic E-state index is 0.00606. The van der Waals surface area contributed by atoms with Crippen molar-refractivity contribution in [3.8, 4) is 5.75 Å². The third-order valence-electron chi connectivity index (χ3n) is 2.25. The monoisotopic (exact) mass is 228 g/mol. The molecule has 0 saturated carbocycles. The Balaban J connectivity index is 2.82. The third-order valence-corrected chi connectivity index (χ3v) is 2.25. The van der Waals surface area contributed by atoms with E-state index in [-0.39, 0.29) is 5.78 Å². The Morgan fingerprint density at radius 3 is 2.65 bits per heavy atom. The molecule has 2 heteroatoms. The summed E-state index contributed by atoms with van der Waals surface area (Å²) in [5, 5.41) is 0. The molecule has 0 radical (unpaired) electrons. The van der Waals surface area contributed by atoms with Crippen molar-refractivity contribution in [2.75, 3.05) is 6.61 Å². The fourth-order valence-electron chi connectivity index (χ4n) is 1.37. The van der Waals surface area contributed by atoms with Gasteiger partial charge in [-0.25, -0.2) is 0 Å². The first-order chi connectivity index (χ1) is 8.19. The molecule has 0 aromatic heterocycles. The number of ketones is 1. The van der Waals surface area contributed by atoms with Gasteiger partial charge in [0.15, 0.2) is 5.78 Å². The zero-order valence-corrected chi connectivity index (χ0v) is 9.98. The molecule has 0 amide bonds. The summed E-state index contributed by atoms with van der Waals surface area (Å²) < 4.78 is 5.60. The minimum atomic E-state index is -0.00606. The van der Waals surface area contributed by atoms with Crippen LogP contribution in [0.3, 0.4) is 0 Å². The number of carbonyl (C=O) groups is 1. The number of allylic oxidation sites excluding steroid dienone is 2. The van der Waals surface area contributed by atoms with Gasteiger partial charge in [-0.2, -0.15) is 0 Å². The first-order valence-electron chi connectivity index (χ1n) is 5.36. The van der Waals surface area contributed by atoms with E-state index in [1.54, 1.807) is 24.3 Å². The van der Waals surface area contributed by atoms with E-state index < -0.39 is 0 Å². The molecule has 1 aromatic rings. The second kappa shape index (κ2) is 6.48. The van der Waals surface area contributed by atoms with Crippen molar-refractivity contribution >= 4 is 5.78 Å². The normalized spacial score (nSPS) is 10.8. The van der Waals surface area contributed by atoms with Crippen LogP contribution in [0.2, 0.25) is 0 Å². The molecule has 0 bridgehead atoms.